The molecule has 0 atom stereocenters. The molecule has 0 amide bonds. The Morgan fingerprint density at radius 1 is 1.24 bits per heavy atom. The summed E-state index contributed by atoms with van der Waals surface area (Å²) >= 11 is 0. The van der Waals surface area contributed by atoms with Crippen molar-refractivity contribution in [1.82, 2.24) is 10.2 Å². The Morgan fingerprint density at radius 3 is 2.65 bits per heavy atom. The van der Waals surface area contributed by atoms with Crippen LogP contribution in [0.3, 0.4) is 0 Å². The van der Waals surface area contributed by atoms with E-state index in [1.165, 1.54) is 0 Å². The largest absolute Gasteiger partial charge is 0.375 e. The number of hydrogen-bond donors (Lipinski definition) is 1. The van der Waals surface area contributed by atoms with Crippen LogP contribution in [0.2, 0.25) is 0 Å². The molecule has 1 saturated heterocycles. The number of benzene rings is 1. The van der Waals surface area contributed by atoms with Crippen molar-refractivity contribution in [2.75, 3.05) is 26.2 Å². The average molecular weight is 230 g/mol. The van der Waals surface area contributed by atoms with Gasteiger partial charge in [0.05, 0.1) is 0 Å². The second-order valence-corrected chi connectivity index (χ2v) is 4.23. The Kier molecular flexibility index (Phi) is 4.33. The van der Waals surface area contributed by atoms with Crippen LogP contribution < -0.4 is 5.32 Å². The molecule has 0 bridgehead atoms. The summed E-state index contributed by atoms with van der Waals surface area (Å²) in [6.45, 7) is 3.96. The molecule has 3 nitrogen and oxygen atoms in total. The van der Waals surface area contributed by atoms with Crippen LogP contribution in [-0.4, -0.2) is 36.9 Å². The lowest BCUT2D eigenvalue weighted by molar-refractivity contribution is -0.114. The molecule has 0 aromatic heterocycles. The molecule has 3 heteroatoms. The van der Waals surface area contributed by atoms with Crippen molar-refractivity contribution in [1.29, 1.82) is 0 Å². The van der Waals surface area contributed by atoms with Crippen LogP contribution >= 0.6 is 0 Å². The molecule has 0 aliphatic carbocycles. The van der Waals surface area contributed by atoms with Gasteiger partial charge >= 0.3 is 0 Å². The van der Waals surface area contributed by atoms with Gasteiger partial charge in [0.1, 0.15) is 0 Å². The minimum Gasteiger partial charge on any atom is -0.375 e. The van der Waals surface area contributed by atoms with Crippen molar-refractivity contribution < 1.29 is 4.79 Å². The molecule has 1 aromatic rings. The van der Waals surface area contributed by atoms with E-state index in [1.807, 2.05) is 36.5 Å². The third-order valence-electron chi connectivity index (χ3n) is 2.84. The second-order valence-electron chi connectivity index (χ2n) is 4.23. The van der Waals surface area contributed by atoms with E-state index in [0.717, 1.165) is 31.7 Å². The van der Waals surface area contributed by atoms with Crippen LogP contribution in [0.4, 0.5) is 0 Å². The maximum atomic E-state index is 11.7. The first-order valence-electron chi connectivity index (χ1n) is 6.04. The Hall–Kier alpha value is -1.61. The molecule has 90 valence electrons. The highest BCUT2D eigenvalue weighted by molar-refractivity contribution is 5.91. The van der Waals surface area contributed by atoms with Crippen LogP contribution in [0, 0.1) is 0 Å². The normalized spacial score (nSPS) is 16.4. The highest BCUT2D eigenvalue weighted by Crippen LogP contribution is 2.01. The quantitative estimate of drug-likeness (QED) is 0.789. The fourth-order valence-electron chi connectivity index (χ4n) is 1.88. The molecule has 0 saturated carbocycles. The Balaban J connectivity index is 1.82. The van der Waals surface area contributed by atoms with E-state index in [0.29, 0.717) is 6.42 Å². The zero-order chi connectivity index (χ0) is 11.9. The maximum absolute atomic E-state index is 11.7. The molecule has 0 unspecified atom stereocenters. The van der Waals surface area contributed by atoms with Crippen LogP contribution in [0.15, 0.2) is 42.6 Å². The topological polar surface area (TPSA) is 32.3 Å². The van der Waals surface area contributed by atoms with Crippen LogP contribution in [0.25, 0.3) is 0 Å². The number of ketones is 1. The lowest BCUT2D eigenvalue weighted by Crippen LogP contribution is -2.40. The van der Waals surface area contributed by atoms with Gasteiger partial charge in [-0.1, -0.05) is 30.3 Å². The standard InChI is InChI=1S/C14H18N2O/c17-14(12-13-4-2-1-3-5-13)6-9-16-10-7-15-8-11-16/h1-6,9,15H,7-8,10-12H2. The van der Waals surface area contributed by atoms with Gasteiger partial charge in [-0.25, -0.2) is 0 Å². The number of carbonyl (C=O) groups excluding carboxylic acids is 1. The van der Waals surface area contributed by atoms with Gasteiger partial charge in [-0.3, -0.25) is 4.79 Å². The smallest absolute Gasteiger partial charge is 0.161 e. The highest BCUT2D eigenvalue weighted by atomic mass is 16.1. The maximum Gasteiger partial charge on any atom is 0.161 e. The molecule has 1 aromatic carbocycles. The van der Waals surface area contributed by atoms with E-state index in [-0.39, 0.29) is 5.78 Å². The summed E-state index contributed by atoms with van der Waals surface area (Å²) in [5.74, 6) is 0.162. The van der Waals surface area contributed by atoms with Crippen LogP contribution in [0.5, 0.6) is 0 Å². The molecule has 1 aliphatic rings. The zero-order valence-electron chi connectivity index (χ0n) is 9.93. The fourth-order valence-corrected chi connectivity index (χ4v) is 1.88. The first-order chi connectivity index (χ1) is 8.34. The molecular weight excluding hydrogens is 212 g/mol. The number of nitrogens with zero attached hydrogens (tertiary/aromatic N) is 1. The van der Waals surface area contributed by atoms with E-state index >= 15 is 0 Å². The van der Waals surface area contributed by atoms with E-state index < -0.39 is 0 Å². The first kappa shape index (κ1) is 11.9. The van der Waals surface area contributed by atoms with Gasteiger partial charge in [0.15, 0.2) is 5.78 Å². The van der Waals surface area contributed by atoms with Gasteiger partial charge in [0.2, 0.25) is 0 Å². The number of hydrogen-bond acceptors (Lipinski definition) is 3. The van der Waals surface area contributed by atoms with Crippen molar-refractivity contribution in [3.8, 4) is 0 Å². The third-order valence-corrected chi connectivity index (χ3v) is 2.84. The van der Waals surface area contributed by atoms with Crippen LogP contribution in [0.1, 0.15) is 5.56 Å². The summed E-state index contributed by atoms with van der Waals surface area (Å²) in [7, 11) is 0. The molecule has 0 spiro atoms. The van der Waals surface area contributed by atoms with Crippen molar-refractivity contribution >= 4 is 5.78 Å². The summed E-state index contributed by atoms with van der Waals surface area (Å²) in [4.78, 5) is 13.9. The third kappa shape index (κ3) is 4.04. The van der Waals surface area contributed by atoms with Crippen molar-refractivity contribution in [3.63, 3.8) is 0 Å². The predicted molar refractivity (Wildman–Crippen MR) is 68.7 cm³/mol. The molecule has 2 rings (SSSR count). The van der Waals surface area contributed by atoms with Gasteiger partial charge in [-0.05, 0) is 11.6 Å². The average Bonchev–Trinajstić information content (AvgIpc) is 2.39. The van der Waals surface area contributed by atoms with E-state index in [4.69, 9.17) is 0 Å². The number of allylic oxidation sites excluding steroid dienone is 1. The Morgan fingerprint density at radius 2 is 1.94 bits per heavy atom. The first-order valence-corrected chi connectivity index (χ1v) is 6.04. The van der Waals surface area contributed by atoms with Gasteiger partial charge in [-0.15, -0.1) is 0 Å². The number of carbonyl (C=O) groups is 1. The molecule has 1 aliphatic heterocycles. The molecule has 1 N–H and O–H groups in total. The summed E-state index contributed by atoms with van der Waals surface area (Å²) < 4.78 is 0. The van der Waals surface area contributed by atoms with Gasteiger partial charge in [0, 0.05) is 38.8 Å². The Labute approximate surface area is 102 Å². The summed E-state index contributed by atoms with van der Waals surface area (Å²) in [5.41, 5.74) is 1.07. The van der Waals surface area contributed by atoms with E-state index in [1.54, 1.807) is 6.08 Å². The number of rotatable bonds is 4. The SMILES string of the molecule is O=C(C=CN1CCNCC1)Cc1ccccc1. The Bertz CT molecular complexity index is 380. The molecule has 17 heavy (non-hydrogen) atoms. The molecule has 1 heterocycles. The number of piperazine rings is 1. The number of nitrogens with one attached hydrogen (secondary N) is 1. The molecular formula is C14H18N2O. The van der Waals surface area contributed by atoms with E-state index in [2.05, 4.69) is 10.2 Å². The zero-order valence-corrected chi connectivity index (χ0v) is 9.93. The monoisotopic (exact) mass is 230 g/mol. The molecule has 1 fully saturated rings. The second kappa shape index (κ2) is 6.21. The van der Waals surface area contributed by atoms with Crippen LogP contribution in [-0.2, 0) is 11.2 Å². The van der Waals surface area contributed by atoms with E-state index in [9.17, 15) is 4.79 Å². The molecule has 0 radical (unpaired) electrons. The highest BCUT2D eigenvalue weighted by Gasteiger charge is 2.05. The van der Waals surface area contributed by atoms with Crippen molar-refractivity contribution in [2.24, 2.45) is 0 Å². The van der Waals surface area contributed by atoms with Gasteiger partial charge < -0.3 is 10.2 Å². The fraction of sp³-hybridized carbons (Fsp3) is 0.357. The summed E-state index contributed by atoms with van der Waals surface area (Å²) in [5, 5.41) is 3.28. The van der Waals surface area contributed by atoms with Crippen molar-refractivity contribution in [3.05, 3.63) is 48.2 Å². The lowest BCUT2D eigenvalue weighted by atomic mass is 10.1. The predicted octanol–water partition coefficient (Wildman–Crippen LogP) is 1.22. The van der Waals surface area contributed by atoms with Gasteiger partial charge in [-0.2, -0.15) is 0 Å². The minimum absolute atomic E-state index is 0.162. The lowest BCUT2D eigenvalue weighted by Gasteiger charge is -2.25. The summed E-state index contributed by atoms with van der Waals surface area (Å²) in [6, 6.07) is 9.85. The van der Waals surface area contributed by atoms with Gasteiger partial charge in [0.25, 0.3) is 0 Å². The van der Waals surface area contributed by atoms with Crippen molar-refractivity contribution in [2.45, 2.75) is 6.42 Å². The minimum atomic E-state index is 0.162. The summed E-state index contributed by atoms with van der Waals surface area (Å²) in [6.07, 6.45) is 4.11.